The predicted molar refractivity (Wildman–Crippen MR) is 73.6 cm³/mol. The normalized spacial score (nSPS) is 15.6. The molecule has 4 heteroatoms. The molecule has 1 aliphatic heterocycles. The zero-order chi connectivity index (χ0) is 13.8. The van der Waals surface area contributed by atoms with Crippen LogP contribution in [0, 0.1) is 6.92 Å². The Morgan fingerprint density at radius 1 is 1.26 bits per heavy atom. The Balaban J connectivity index is 2.08. The molecule has 19 heavy (non-hydrogen) atoms. The molecule has 2 amide bonds. The maximum absolute atomic E-state index is 12.0. The van der Waals surface area contributed by atoms with E-state index < -0.39 is 0 Å². The van der Waals surface area contributed by atoms with Crippen LogP contribution in [0.1, 0.15) is 36.9 Å². The Morgan fingerprint density at radius 2 is 1.89 bits per heavy atom. The van der Waals surface area contributed by atoms with Gasteiger partial charge in [-0.2, -0.15) is 0 Å². The van der Waals surface area contributed by atoms with Gasteiger partial charge < -0.3 is 10.2 Å². The van der Waals surface area contributed by atoms with Crippen molar-refractivity contribution in [3.63, 3.8) is 0 Å². The number of hydrogen-bond acceptors (Lipinski definition) is 2. The number of nitrogens with one attached hydrogen (secondary N) is 1. The van der Waals surface area contributed by atoms with Gasteiger partial charge in [-0.1, -0.05) is 29.8 Å². The topological polar surface area (TPSA) is 49.4 Å². The third-order valence-electron chi connectivity index (χ3n) is 3.44. The van der Waals surface area contributed by atoms with Gasteiger partial charge in [-0.3, -0.25) is 9.59 Å². The summed E-state index contributed by atoms with van der Waals surface area (Å²) in [6.07, 6.45) is 1.42. The fraction of sp³-hybridized carbons (Fsp3) is 0.467. The first kappa shape index (κ1) is 13.6. The van der Waals surface area contributed by atoms with Crippen LogP contribution in [0.25, 0.3) is 0 Å². The summed E-state index contributed by atoms with van der Waals surface area (Å²) in [5.74, 6) is 0.00700. The van der Waals surface area contributed by atoms with E-state index in [1.54, 1.807) is 0 Å². The molecule has 1 aromatic carbocycles. The number of benzene rings is 1. The minimum Gasteiger partial charge on any atom is -0.349 e. The fourth-order valence-corrected chi connectivity index (χ4v) is 2.17. The number of rotatable bonds is 4. The Labute approximate surface area is 113 Å². The average Bonchev–Trinajstić information content (AvgIpc) is 2.26. The van der Waals surface area contributed by atoms with E-state index in [0.29, 0.717) is 6.42 Å². The van der Waals surface area contributed by atoms with Crippen molar-refractivity contribution in [2.24, 2.45) is 0 Å². The van der Waals surface area contributed by atoms with Crippen molar-refractivity contribution in [3.8, 4) is 0 Å². The molecule has 0 spiro atoms. The van der Waals surface area contributed by atoms with Gasteiger partial charge >= 0.3 is 0 Å². The minimum absolute atomic E-state index is 0.109. The first-order valence-electron chi connectivity index (χ1n) is 6.67. The highest BCUT2D eigenvalue weighted by molar-refractivity contribution is 5.79. The average molecular weight is 260 g/mol. The van der Waals surface area contributed by atoms with E-state index in [1.165, 1.54) is 12.5 Å². The fourth-order valence-electron chi connectivity index (χ4n) is 2.17. The van der Waals surface area contributed by atoms with Crippen molar-refractivity contribution in [1.29, 1.82) is 0 Å². The summed E-state index contributed by atoms with van der Waals surface area (Å²) in [7, 11) is 0. The van der Waals surface area contributed by atoms with Crippen LogP contribution in [0.3, 0.4) is 0 Å². The van der Waals surface area contributed by atoms with Gasteiger partial charge in [-0.25, -0.2) is 0 Å². The van der Waals surface area contributed by atoms with Crippen molar-refractivity contribution in [3.05, 3.63) is 35.4 Å². The molecule has 1 saturated heterocycles. The number of hydrogen-bond donors (Lipinski definition) is 1. The Bertz CT molecular complexity index is 464. The number of amides is 2. The highest BCUT2D eigenvalue weighted by Crippen LogP contribution is 2.20. The SMILES string of the molecule is CC(=O)NC(CC(=O)N1CCC1)c1ccc(C)cc1. The standard InChI is InChI=1S/C15H20N2O2/c1-11-4-6-13(7-5-11)14(16-12(2)18)10-15(19)17-8-3-9-17/h4-7,14H,3,8-10H2,1-2H3,(H,16,18). The van der Waals surface area contributed by atoms with Crippen LogP contribution in [0.15, 0.2) is 24.3 Å². The summed E-state index contributed by atoms with van der Waals surface area (Å²) in [6, 6.07) is 7.71. The maximum Gasteiger partial charge on any atom is 0.224 e. The molecule has 102 valence electrons. The highest BCUT2D eigenvalue weighted by Gasteiger charge is 2.24. The molecule has 1 fully saturated rings. The quantitative estimate of drug-likeness (QED) is 0.897. The van der Waals surface area contributed by atoms with Gasteiger partial charge in [0, 0.05) is 20.0 Å². The van der Waals surface area contributed by atoms with Crippen molar-refractivity contribution < 1.29 is 9.59 Å². The lowest BCUT2D eigenvalue weighted by molar-refractivity contribution is -0.135. The lowest BCUT2D eigenvalue weighted by Crippen LogP contribution is -2.43. The van der Waals surface area contributed by atoms with Crippen LogP contribution in [0.5, 0.6) is 0 Å². The molecule has 0 saturated carbocycles. The number of carbonyl (C=O) groups is 2. The van der Waals surface area contributed by atoms with Gasteiger partial charge in [-0.05, 0) is 18.9 Å². The summed E-state index contributed by atoms with van der Waals surface area (Å²) in [5.41, 5.74) is 2.15. The third kappa shape index (κ3) is 3.56. The van der Waals surface area contributed by atoms with Crippen LogP contribution in [0.4, 0.5) is 0 Å². The zero-order valence-electron chi connectivity index (χ0n) is 11.5. The van der Waals surface area contributed by atoms with Gasteiger partial charge in [0.05, 0.1) is 12.5 Å². The second-order valence-electron chi connectivity index (χ2n) is 5.10. The predicted octanol–water partition coefficient (Wildman–Crippen LogP) is 1.79. The van der Waals surface area contributed by atoms with Gasteiger partial charge in [0.2, 0.25) is 11.8 Å². The lowest BCUT2D eigenvalue weighted by Gasteiger charge is -2.32. The van der Waals surface area contributed by atoms with Gasteiger partial charge in [0.15, 0.2) is 0 Å². The number of aryl methyl sites for hydroxylation is 1. The summed E-state index contributed by atoms with van der Waals surface area (Å²) in [5, 5.41) is 2.86. The van der Waals surface area contributed by atoms with Gasteiger partial charge in [0.25, 0.3) is 0 Å². The molecular weight excluding hydrogens is 240 g/mol. The van der Waals surface area contributed by atoms with E-state index in [9.17, 15) is 9.59 Å². The summed E-state index contributed by atoms with van der Waals surface area (Å²) < 4.78 is 0. The van der Waals surface area contributed by atoms with Crippen LogP contribution in [-0.2, 0) is 9.59 Å². The lowest BCUT2D eigenvalue weighted by atomic mass is 10.0. The second kappa shape index (κ2) is 5.87. The molecule has 4 nitrogen and oxygen atoms in total. The van der Waals surface area contributed by atoms with E-state index >= 15 is 0 Å². The van der Waals surface area contributed by atoms with E-state index in [0.717, 1.165) is 25.1 Å². The molecule has 1 aromatic rings. The summed E-state index contributed by atoms with van der Waals surface area (Å²) in [4.78, 5) is 25.2. The Hall–Kier alpha value is -1.84. The monoisotopic (exact) mass is 260 g/mol. The Kier molecular flexibility index (Phi) is 4.20. The molecule has 1 atom stereocenters. The molecular formula is C15H20N2O2. The smallest absolute Gasteiger partial charge is 0.224 e. The molecule has 1 unspecified atom stereocenters. The van der Waals surface area contributed by atoms with Gasteiger partial charge in [0.1, 0.15) is 0 Å². The van der Waals surface area contributed by atoms with Crippen LogP contribution >= 0.6 is 0 Å². The largest absolute Gasteiger partial charge is 0.349 e. The molecule has 1 heterocycles. The number of likely N-dealkylation sites (tertiary alicyclic amines) is 1. The molecule has 0 aliphatic carbocycles. The summed E-state index contributed by atoms with van der Waals surface area (Å²) >= 11 is 0. The second-order valence-corrected chi connectivity index (χ2v) is 5.10. The molecule has 1 N–H and O–H groups in total. The van der Waals surface area contributed by atoms with E-state index in [1.807, 2.05) is 36.1 Å². The zero-order valence-corrected chi connectivity index (χ0v) is 11.5. The van der Waals surface area contributed by atoms with Crippen molar-refractivity contribution in [2.45, 2.75) is 32.7 Å². The van der Waals surface area contributed by atoms with Gasteiger partial charge in [-0.15, -0.1) is 0 Å². The highest BCUT2D eigenvalue weighted by atomic mass is 16.2. The summed E-state index contributed by atoms with van der Waals surface area (Å²) in [6.45, 7) is 5.19. The molecule has 0 aromatic heterocycles. The van der Waals surface area contributed by atoms with Crippen LogP contribution < -0.4 is 5.32 Å². The number of carbonyl (C=O) groups excluding carboxylic acids is 2. The Morgan fingerprint density at radius 3 is 2.37 bits per heavy atom. The molecule has 0 radical (unpaired) electrons. The third-order valence-corrected chi connectivity index (χ3v) is 3.44. The first-order chi connectivity index (χ1) is 9.06. The van der Waals surface area contributed by atoms with Crippen molar-refractivity contribution >= 4 is 11.8 Å². The number of nitrogens with zero attached hydrogens (tertiary/aromatic N) is 1. The van der Waals surface area contributed by atoms with Crippen molar-refractivity contribution in [1.82, 2.24) is 10.2 Å². The molecule has 1 aliphatic rings. The van der Waals surface area contributed by atoms with E-state index in [-0.39, 0.29) is 17.9 Å². The van der Waals surface area contributed by atoms with E-state index in [2.05, 4.69) is 5.32 Å². The van der Waals surface area contributed by atoms with Crippen molar-refractivity contribution in [2.75, 3.05) is 13.1 Å². The molecule has 0 bridgehead atoms. The van der Waals surface area contributed by atoms with Crippen LogP contribution in [-0.4, -0.2) is 29.8 Å². The maximum atomic E-state index is 12.0. The first-order valence-corrected chi connectivity index (χ1v) is 6.67. The van der Waals surface area contributed by atoms with E-state index in [4.69, 9.17) is 0 Å². The minimum atomic E-state index is -0.230. The van der Waals surface area contributed by atoms with Crippen LogP contribution in [0.2, 0.25) is 0 Å². The molecule has 2 rings (SSSR count).